The summed E-state index contributed by atoms with van der Waals surface area (Å²) in [6, 6.07) is 7.78. The Balaban J connectivity index is 2.16. The van der Waals surface area contributed by atoms with Gasteiger partial charge in [0.2, 0.25) is 0 Å². The molecule has 0 atom stereocenters. The van der Waals surface area contributed by atoms with Crippen LogP contribution < -0.4 is 15.8 Å². The van der Waals surface area contributed by atoms with Gasteiger partial charge in [-0.3, -0.25) is 4.98 Å². The second-order valence-electron chi connectivity index (χ2n) is 3.81. The number of anilines is 2. The minimum Gasteiger partial charge on any atom is -0.435 e. The predicted octanol–water partition coefficient (Wildman–Crippen LogP) is 3.06. The number of alkyl halides is 2. The SMILES string of the molecule is NC(=S)c1ccncc1Nc1ccc(OC(F)F)cc1. The average Bonchev–Trinajstić information content (AvgIpc) is 2.41. The number of thiocarbonyl (C=S) groups is 1. The third-order valence-electron chi connectivity index (χ3n) is 2.45. The Bertz CT molecular complexity index is 605. The summed E-state index contributed by atoms with van der Waals surface area (Å²) in [5, 5.41) is 3.06. The molecule has 2 rings (SSSR count). The Morgan fingerprint density at radius 1 is 1.25 bits per heavy atom. The molecule has 4 nitrogen and oxygen atoms in total. The molecule has 0 fully saturated rings. The highest BCUT2D eigenvalue weighted by Crippen LogP contribution is 2.22. The third-order valence-corrected chi connectivity index (χ3v) is 2.66. The Hall–Kier alpha value is -2.28. The van der Waals surface area contributed by atoms with Gasteiger partial charge in [0, 0.05) is 17.4 Å². The van der Waals surface area contributed by atoms with Crippen molar-refractivity contribution in [2.75, 3.05) is 5.32 Å². The fourth-order valence-electron chi connectivity index (χ4n) is 1.58. The number of halogens is 2. The van der Waals surface area contributed by atoms with Gasteiger partial charge >= 0.3 is 6.61 Å². The first-order chi connectivity index (χ1) is 9.56. The Kier molecular flexibility index (Phi) is 4.41. The lowest BCUT2D eigenvalue weighted by Gasteiger charge is -2.11. The normalized spacial score (nSPS) is 10.3. The topological polar surface area (TPSA) is 60.2 Å². The largest absolute Gasteiger partial charge is 0.435 e. The first-order valence-electron chi connectivity index (χ1n) is 5.62. The fourth-order valence-corrected chi connectivity index (χ4v) is 1.76. The van der Waals surface area contributed by atoms with Gasteiger partial charge in [0.1, 0.15) is 10.7 Å². The lowest BCUT2D eigenvalue weighted by molar-refractivity contribution is -0.0498. The Morgan fingerprint density at radius 2 is 1.95 bits per heavy atom. The number of benzene rings is 1. The zero-order valence-corrected chi connectivity index (χ0v) is 11.0. The summed E-state index contributed by atoms with van der Waals surface area (Å²) < 4.78 is 28.3. The molecule has 1 heterocycles. The van der Waals surface area contributed by atoms with Gasteiger partial charge in [-0.25, -0.2) is 0 Å². The molecule has 2 aromatic rings. The molecule has 0 unspecified atom stereocenters. The van der Waals surface area contributed by atoms with Crippen LogP contribution in [0.5, 0.6) is 5.75 Å². The number of pyridine rings is 1. The van der Waals surface area contributed by atoms with Gasteiger partial charge in [0.15, 0.2) is 0 Å². The summed E-state index contributed by atoms with van der Waals surface area (Å²) in [5.74, 6) is 0.0892. The first kappa shape index (κ1) is 14.1. The van der Waals surface area contributed by atoms with Gasteiger partial charge in [0.25, 0.3) is 0 Å². The minimum absolute atomic E-state index is 0.0892. The summed E-state index contributed by atoms with van der Waals surface area (Å²) in [6.45, 7) is -2.84. The van der Waals surface area contributed by atoms with E-state index in [9.17, 15) is 8.78 Å². The number of hydrogen-bond acceptors (Lipinski definition) is 4. The van der Waals surface area contributed by atoms with E-state index in [1.54, 1.807) is 30.6 Å². The molecule has 0 radical (unpaired) electrons. The quantitative estimate of drug-likeness (QED) is 0.830. The van der Waals surface area contributed by atoms with Gasteiger partial charge < -0.3 is 15.8 Å². The molecule has 1 aromatic carbocycles. The number of nitrogens with two attached hydrogens (primary N) is 1. The highest BCUT2D eigenvalue weighted by Gasteiger charge is 2.06. The maximum absolute atomic E-state index is 12.0. The van der Waals surface area contributed by atoms with E-state index in [-0.39, 0.29) is 10.7 Å². The zero-order chi connectivity index (χ0) is 14.5. The van der Waals surface area contributed by atoms with Crippen LogP contribution in [0.1, 0.15) is 5.56 Å². The van der Waals surface area contributed by atoms with Crippen molar-refractivity contribution in [1.29, 1.82) is 0 Å². The molecule has 0 aliphatic heterocycles. The molecule has 0 spiro atoms. The molecule has 1 aromatic heterocycles. The Labute approximate surface area is 119 Å². The molecule has 104 valence electrons. The molecule has 3 N–H and O–H groups in total. The van der Waals surface area contributed by atoms with Crippen molar-refractivity contribution in [3.8, 4) is 5.75 Å². The van der Waals surface area contributed by atoms with Crippen molar-refractivity contribution in [3.63, 3.8) is 0 Å². The van der Waals surface area contributed by atoms with E-state index >= 15 is 0 Å². The van der Waals surface area contributed by atoms with Crippen LogP contribution in [0.15, 0.2) is 42.7 Å². The molecular weight excluding hydrogens is 284 g/mol. The summed E-state index contributed by atoms with van der Waals surface area (Å²) in [7, 11) is 0. The van der Waals surface area contributed by atoms with Crippen LogP contribution in [0.3, 0.4) is 0 Å². The van der Waals surface area contributed by atoms with Gasteiger partial charge in [-0.1, -0.05) is 12.2 Å². The highest BCUT2D eigenvalue weighted by atomic mass is 32.1. The van der Waals surface area contributed by atoms with Crippen molar-refractivity contribution in [2.45, 2.75) is 6.61 Å². The zero-order valence-electron chi connectivity index (χ0n) is 10.2. The fraction of sp³-hybridized carbons (Fsp3) is 0.0769. The van der Waals surface area contributed by atoms with Gasteiger partial charge in [-0.15, -0.1) is 0 Å². The standard InChI is InChI=1S/C13H11F2N3OS/c14-13(15)19-9-3-1-8(2-4-9)18-11-7-17-6-5-10(11)12(16)20/h1-7,13,18H,(H2,16,20). The molecule has 0 aliphatic rings. The molecule has 0 saturated carbocycles. The Morgan fingerprint density at radius 3 is 2.55 bits per heavy atom. The summed E-state index contributed by atoms with van der Waals surface area (Å²) >= 11 is 4.94. The number of nitrogens with zero attached hydrogens (tertiary/aromatic N) is 1. The molecule has 0 bridgehead atoms. The predicted molar refractivity (Wildman–Crippen MR) is 76.5 cm³/mol. The van der Waals surface area contributed by atoms with Crippen molar-refractivity contribution in [3.05, 3.63) is 48.3 Å². The monoisotopic (exact) mass is 295 g/mol. The van der Waals surface area contributed by atoms with E-state index in [4.69, 9.17) is 18.0 Å². The van der Waals surface area contributed by atoms with E-state index in [2.05, 4.69) is 15.0 Å². The molecule has 0 amide bonds. The number of hydrogen-bond donors (Lipinski definition) is 2. The molecule has 20 heavy (non-hydrogen) atoms. The maximum Gasteiger partial charge on any atom is 0.387 e. The summed E-state index contributed by atoms with van der Waals surface area (Å²) in [5.41, 5.74) is 7.58. The second-order valence-corrected chi connectivity index (χ2v) is 4.25. The van der Waals surface area contributed by atoms with E-state index < -0.39 is 6.61 Å². The summed E-state index contributed by atoms with van der Waals surface area (Å²) in [6.07, 6.45) is 3.16. The summed E-state index contributed by atoms with van der Waals surface area (Å²) in [4.78, 5) is 4.22. The van der Waals surface area contributed by atoms with Crippen molar-refractivity contribution >= 4 is 28.6 Å². The smallest absolute Gasteiger partial charge is 0.387 e. The van der Waals surface area contributed by atoms with E-state index in [0.29, 0.717) is 16.9 Å². The van der Waals surface area contributed by atoms with Crippen LogP contribution in [0, 0.1) is 0 Å². The van der Waals surface area contributed by atoms with E-state index in [0.717, 1.165) is 0 Å². The van der Waals surface area contributed by atoms with Crippen molar-refractivity contribution in [2.24, 2.45) is 5.73 Å². The van der Waals surface area contributed by atoms with Gasteiger partial charge in [-0.05, 0) is 30.3 Å². The second kappa shape index (κ2) is 6.25. The van der Waals surface area contributed by atoms with Crippen LogP contribution >= 0.6 is 12.2 Å². The van der Waals surface area contributed by atoms with Gasteiger partial charge in [-0.2, -0.15) is 8.78 Å². The van der Waals surface area contributed by atoms with E-state index in [1.165, 1.54) is 12.1 Å². The lowest BCUT2D eigenvalue weighted by atomic mass is 10.2. The van der Waals surface area contributed by atoms with Crippen LogP contribution in [0.4, 0.5) is 20.2 Å². The lowest BCUT2D eigenvalue weighted by Crippen LogP contribution is -2.12. The van der Waals surface area contributed by atoms with Crippen LogP contribution in [0.2, 0.25) is 0 Å². The van der Waals surface area contributed by atoms with Crippen LogP contribution in [-0.4, -0.2) is 16.6 Å². The molecule has 0 aliphatic carbocycles. The number of nitrogens with one attached hydrogen (secondary N) is 1. The maximum atomic E-state index is 12.0. The number of rotatable bonds is 5. The highest BCUT2D eigenvalue weighted by molar-refractivity contribution is 7.80. The number of aromatic nitrogens is 1. The van der Waals surface area contributed by atoms with Gasteiger partial charge in [0.05, 0.1) is 11.9 Å². The van der Waals surface area contributed by atoms with Crippen LogP contribution in [0.25, 0.3) is 0 Å². The minimum atomic E-state index is -2.84. The van der Waals surface area contributed by atoms with Crippen molar-refractivity contribution in [1.82, 2.24) is 4.98 Å². The van der Waals surface area contributed by atoms with Crippen LogP contribution in [-0.2, 0) is 0 Å². The average molecular weight is 295 g/mol. The van der Waals surface area contributed by atoms with Crippen molar-refractivity contribution < 1.29 is 13.5 Å². The third kappa shape index (κ3) is 3.61. The molecule has 7 heteroatoms. The number of ether oxygens (including phenoxy) is 1. The first-order valence-corrected chi connectivity index (χ1v) is 6.03. The molecule has 0 saturated heterocycles. The van der Waals surface area contributed by atoms with E-state index in [1.807, 2.05) is 0 Å². The molecular formula is C13H11F2N3OS.